The molecule has 0 aliphatic heterocycles. The molecule has 3 aliphatic carbocycles. The Hall–Kier alpha value is -9.76. The summed E-state index contributed by atoms with van der Waals surface area (Å²) in [4.78, 5) is 2.57. The summed E-state index contributed by atoms with van der Waals surface area (Å²) in [5, 5.41) is 2.23. The van der Waals surface area contributed by atoms with Crippen LogP contribution in [0.5, 0.6) is 0 Å². The van der Waals surface area contributed by atoms with Crippen molar-refractivity contribution in [2.24, 2.45) is 0 Å². The van der Waals surface area contributed by atoms with Crippen LogP contribution in [0.4, 0.5) is 17.1 Å². The van der Waals surface area contributed by atoms with Gasteiger partial charge in [0.1, 0.15) is 11.2 Å². The van der Waals surface area contributed by atoms with Crippen LogP contribution in [0.3, 0.4) is 0 Å². The molecule has 0 saturated heterocycles. The van der Waals surface area contributed by atoms with E-state index in [1.807, 2.05) is 0 Å². The third-order valence-corrected chi connectivity index (χ3v) is 18.0. The van der Waals surface area contributed by atoms with Crippen LogP contribution in [0.2, 0.25) is 0 Å². The maximum Gasteiger partial charge on any atom is 0.135 e. The SMILES string of the molecule is CC1(C)c2ccccc2-c2c(-c3ccccc3N(c3ccc4c(c3)C(c3ccccc3)(c3ccccc3)c3ccccc3-4)c3ccc4c(c3)C(c3ccccc3)(c3ccc5oc6ccccc6c5c3)c3ccccc3-4)cccc21. The van der Waals surface area contributed by atoms with E-state index in [-0.39, 0.29) is 5.41 Å². The van der Waals surface area contributed by atoms with E-state index in [9.17, 15) is 0 Å². The molecule has 0 fully saturated rings. The number of benzene rings is 12. The van der Waals surface area contributed by atoms with Crippen LogP contribution in [0, 0.1) is 0 Å². The van der Waals surface area contributed by atoms with E-state index < -0.39 is 10.8 Å². The number of para-hydroxylation sites is 2. The third kappa shape index (κ3) is 6.29. The number of rotatable bonds is 8. The molecule has 0 spiro atoms. The Bertz CT molecular complexity index is 4550. The van der Waals surface area contributed by atoms with Gasteiger partial charge in [-0.2, -0.15) is 0 Å². The second-order valence-corrected chi connectivity index (χ2v) is 22.2. The normalized spacial score (nSPS) is 15.7. The molecule has 0 N–H and O–H groups in total. The van der Waals surface area contributed by atoms with Crippen molar-refractivity contribution in [2.45, 2.75) is 30.1 Å². The first-order chi connectivity index (χ1) is 39.0. The molecule has 1 unspecified atom stereocenters. The smallest absolute Gasteiger partial charge is 0.135 e. The number of hydrogen-bond acceptors (Lipinski definition) is 2. The van der Waals surface area contributed by atoms with Crippen LogP contribution in [0.1, 0.15) is 69.5 Å². The summed E-state index contributed by atoms with van der Waals surface area (Å²) in [6.07, 6.45) is 0. The molecule has 0 bridgehead atoms. The van der Waals surface area contributed by atoms with E-state index in [1.165, 1.54) is 100 Å². The zero-order chi connectivity index (χ0) is 52.5. The average molecular weight is 1010 g/mol. The highest BCUT2D eigenvalue weighted by atomic mass is 16.3. The quantitative estimate of drug-likeness (QED) is 0.151. The molecule has 0 radical (unpaired) electrons. The molecule has 1 atom stereocenters. The maximum atomic E-state index is 6.52. The average Bonchev–Trinajstić information content (AvgIpc) is 4.31. The van der Waals surface area contributed by atoms with Crippen molar-refractivity contribution in [3.63, 3.8) is 0 Å². The minimum atomic E-state index is -0.689. The lowest BCUT2D eigenvalue weighted by molar-refractivity contribution is 0.660. The second-order valence-electron chi connectivity index (χ2n) is 22.2. The van der Waals surface area contributed by atoms with Gasteiger partial charge >= 0.3 is 0 Å². The van der Waals surface area contributed by atoms with Crippen molar-refractivity contribution >= 4 is 39.0 Å². The van der Waals surface area contributed by atoms with Gasteiger partial charge in [0.25, 0.3) is 0 Å². The van der Waals surface area contributed by atoms with E-state index >= 15 is 0 Å². The Morgan fingerprint density at radius 3 is 1.33 bits per heavy atom. The molecular weight excluding hydrogens is 955 g/mol. The summed E-state index contributed by atoms with van der Waals surface area (Å²) in [5.74, 6) is 0. The molecule has 0 saturated carbocycles. The number of anilines is 3. The van der Waals surface area contributed by atoms with Crippen molar-refractivity contribution < 1.29 is 4.42 Å². The highest BCUT2D eigenvalue weighted by Gasteiger charge is 2.49. The first-order valence-corrected chi connectivity index (χ1v) is 27.7. The Kier molecular flexibility index (Phi) is 9.85. The van der Waals surface area contributed by atoms with Gasteiger partial charge in [0.05, 0.1) is 16.5 Å². The van der Waals surface area contributed by atoms with Gasteiger partial charge in [-0.25, -0.2) is 0 Å². The summed E-state index contributed by atoms with van der Waals surface area (Å²) in [7, 11) is 0. The predicted molar refractivity (Wildman–Crippen MR) is 326 cm³/mol. The van der Waals surface area contributed by atoms with E-state index in [0.29, 0.717) is 0 Å². The Balaban J connectivity index is 1.00. The fourth-order valence-electron chi connectivity index (χ4n) is 14.7. The van der Waals surface area contributed by atoms with Crippen LogP contribution in [-0.2, 0) is 16.2 Å². The first-order valence-electron chi connectivity index (χ1n) is 27.7. The summed E-state index contributed by atoms with van der Waals surface area (Å²) in [5.41, 5.74) is 26.2. The number of hydrogen-bond donors (Lipinski definition) is 0. The molecule has 12 aromatic carbocycles. The van der Waals surface area contributed by atoms with Gasteiger partial charge in [-0.15, -0.1) is 0 Å². The molecule has 2 heteroatoms. The molecule has 1 aromatic heterocycles. The second kappa shape index (κ2) is 17.1. The minimum absolute atomic E-state index is 0.161. The van der Waals surface area contributed by atoms with Crippen molar-refractivity contribution in [3.8, 4) is 44.5 Å². The van der Waals surface area contributed by atoms with E-state index in [0.717, 1.165) is 39.0 Å². The molecule has 13 aromatic rings. The lowest BCUT2D eigenvalue weighted by atomic mass is 9.67. The lowest BCUT2D eigenvalue weighted by Gasteiger charge is -2.36. The third-order valence-electron chi connectivity index (χ3n) is 18.0. The topological polar surface area (TPSA) is 16.4 Å². The summed E-state index contributed by atoms with van der Waals surface area (Å²) < 4.78 is 6.52. The van der Waals surface area contributed by atoms with E-state index in [1.54, 1.807) is 0 Å². The highest BCUT2D eigenvalue weighted by Crippen LogP contribution is 2.61. The van der Waals surface area contributed by atoms with Gasteiger partial charge in [0.2, 0.25) is 0 Å². The van der Waals surface area contributed by atoms with Crippen LogP contribution < -0.4 is 4.90 Å². The largest absolute Gasteiger partial charge is 0.456 e. The fraction of sp³-hybridized carbons (Fsp3) is 0.0649. The van der Waals surface area contributed by atoms with E-state index in [2.05, 4.69) is 304 Å². The molecule has 3 aliphatic rings. The molecule has 16 rings (SSSR count). The van der Waals surface area contributed by atoms with Crippen LogP contribution in [0.25, 0.3) is 66.4 Å². The molecule has 1 heterocycles. The maximum absolute atomic E-state index is 6.52. The van der Waals surface area contributed by atoms with Crippen molar-refractivity contribution in [2.75, 3.05) is 4.90 Å². The van der Waals surface area contributed by atoms with Gasteiger partial charge in [-0.05, 0) is 143 Å². The van der Waals surface area contributed by atoms with Crippen molar-refractivity contribution in [1.29, 1.82) is 0 Å². The number of fused-ring (bicyclic) bond motifs is 12. The van der Waals surface area contributed by atoms with Crippen molar-refractivity contribution in [3.05, 3.63) is 341 Å². The van der Waals surface area contributed by atoms with Gasteiger partial charge < -0.3 is 9.32 Å². The van der Waals surface area contributed by atoms with E-state index in [4.69, 9.17) is 4.42 Å². The fourth-order valence-corrected chi connectivity index (χ4v) is 14.7. The highest BCUT2D eigenvalue weighted by molar-refractivity contribution is 6.06. The zero-order valence-corrected chi connectivity index (χ0v) is 44.0. The van der Waals surface area contributed by atoms with Gasteiger partial charge in [-0.1, -0.05) is 250 Å². The zero-order valence-electron chi connectivity index (χ0n) is 44.0. The lowest BCUT2D eigenvalue weighted by Crippen LogP contribution is -2.29. The standard InChI is InChI=1S/C77H53NO/c1-75(2)65-35-17-14-33-63(65)74-62(34-22-38-68(74)75)60-31-15-20-39-71(60)78(54-42-44-58-56-29-12-18-36-66(56)76(69(58)48-54,50-23-6-3-7-24-50)51-25-8-4-9-26-51)55-43-45-59-57-30-13-19-37-67(57)77(70(59)49-55,52-27-10-5-11-28-52)53-41-46-73-64(47-53)61-32-16-21-40-72(61)79-73/h3-49H,1-2H3. The molecular formula is C77H53NO. The Morgan fingerprint density at radius 2 is 0.722 bits per heavy atom. The summed E-state index contributed by atoms with van der Waals surface area (Å²) in [6.45, 7) is 4.75. The van der Waals surface area contributed by atoms with Crippen LogP contribution in [0.15, 0.2) is 290 Å². The Labute approximate surface area is 461 Å². The molecule has 0 amide bonds. The number of furan rings is 1. The predicted octanol–water partition coefficient (Wildman–Crippen LogP) is 19.8. The molecule has 2 nitrogen and oxygen atoms in total. The number of nitrogens with zero attached hydrogens (tertiary/aromatic N) is 1. The first kappa shape index (κ1) is 45.4. The van der Waals surface area contributed by atoms with Crippen LogP contribution in [-0.4, -0.2) is 0 Å². The monoisotopic (exact) mass is 1010 g/mol. The van der Waals surface area contributed by atoms with Gasteiger partial charge in [0, 0.05) is 33.1 Å². The van der Waals surface area contributed by atoms with Crippen molar-refractivity contribution in [1.82, 2.24) is 0 Å². The molecule has 372 valence electrons. The van der Waals surface area contributed by atoms with Gasteiger partial charge in [0.15, 0.2) is 0 Å². The van der Waals surface area contributed by atoms with Gasteiger partial charge in [-0.3, -0.25) is 0 Å². The Morgan fingerprint density at radius 1 is 0.278 bits per heavy atom. The summed E-state index contributed by atoms with van der Waals surface area (Å²) >= 11 is 0. The molecule has 79 heavy (non-hydrogen) atoms. The minimum Gasteiger partial charge on any atom is -0.456 e. The summed E-state index contributed by atoms with van der Waals surface area (Å²) in [6, 6.07) is 107. The van der Waals surface area contributed by atoms with Crippen LogP contribution >= 0.6 is 0 Å².